The molecule has 76 valence electrons. The van der Waals surface area contributed by atoms with E-state index in [-0.39, 0.29) is 5.96 Å². The maximum atomic E-state index is 5.70. The minimum atomic E-state index is 0.0738. The van der Waals surface area contributed by atoms with Crippen LogP contribution in [0.4, 0.5) is 0 Å². The predicted molar refractivity (Wildman–Crippen MR) is 57.6 cm³/mol. The molecule has 5 heteroatoms. The summed E-state index contributed by atoms with van der Waals surface area (Å²) in [6.45, 7) is 0.893. The average Bonchev–Trinajstić information content (AvgIpc) is 2.15. The van der Waals surface area contributed by atoms with Crippen molar-refractivity contribution in [3.8, 4) is 5.75 Å². The van der Waals surface area contributed by atoms with Crippen molar-refractivity contribution in [2.24, 2.45) is 16.5 Å². The molecule has 0 fully saturated rings. The normalized spacial score (nSPS) is 9.50. The number of hydrogen-bond acceptors (Lipinski definition) is 2. The zero-order valence-corrected chi connectivity index (χ0v) is 8.37. The standard InChI is InChI=1S/C9H12ClN3O/c10-7-1-3-8(4-2-7)14-6-5-13-9(11)12/h1-4H,5-6H2,(H4,11,12,13). The molecule has 4 nitrogen and oxygen atoms in total. The lowest BCUT2D eigenvalue weighted by Gasteiger charge is -2.03. The van der Waals surface area contributed by atoms with Gasteiger partial charge in [-0.15, -0.1) is 0 Å². The van der Waals surface area contributed by atoms with Crippen molar-refractivity contribution in [1.82, 2.24) is 0 Å². The van der Waals surface area contributed by atoms with Crippen molar-refractivity contribution in [1.29, 1.82) is 0 Å². The van der Waals surface area contributed by atoms with E-state index in [9.17, 15) is 0 Å². The smallest absolute Gasteiger partial charge is 0.186 e. The van der Waals surface area contributed by atoms with Crippen molar-refractivity contribution in [3.05, 3.63) is 29.3 Å². The van der Waals surface area contributed by atoms with E-state index >= 15 is 0 Å². The Hall–Kier alpha value is -1.42. The number of ether oxygens (including phenoxy) is 1. The van der Waals surface area contributed by atoms with E-state index in [0.29, 0.717) is 18.2 Å². The Morgan fingerprint density at radius 3 is 2.50 bits per heavy atom. The average molecular weight is 214 g/mol. The van der Waals surface area contributed by atoms with Gasteiger partial charge in [0.05, 0.1) is 6.54 Å². The molecule has 14 heavy (non-hydrogen) atoms. The molecule has 0 spiro atoms. The monoisotopic (exact) mass is 213 g/mol. The Bertz CT molecular complexity index is 306. The topological polar surface area (TPSA) is 73.6 Å². The fourth-order valence-electron chi connectivity index (χ4n) is 0.869. The molecule has 1 aromatic rings. The molecule has 0 heterocycles. The highest BCUT2D eigenvalue weighted by molar-refractivity contribution is 6.30. The van der Waals surface area contributed by atoms with Crippen LogP contribution < -0.4 is 16.2 Å². The van der Waals surface area contributed by atoms with Gasteiger partial charge in [-0.3, -0.25) is 4.99 Å². The zero-order valence-electron chi connectivity index (χ0n) is 7.61. The Morgan fingerprint density at radius 2 is 1.93 bits per heavy atom. The van der Waals surface area contributed by atoms with Crippen LogP contribution in [0.3, 0.4) is 0 Å². The highest BCUT2D eigenvalue weighted by Crippen LogP contribution is 2.15. The molecule has 0 aromatic heterocycles. The second kappa shape index (κ2) is 5.34. The lowest BCUT2D eigenvalue weighted by molar-refractivity contribution is 0.328. The van der Waals surface area contributed by atoms with E-state index in [1.165, 1.54) is 0 Å². The summed E-state index contributed by atoms with van der Waals surface area (Å²) in [6, 6.07) is 7.10. The van der Waals surface area contributed by atoms with Gasteiger partial charge >= 0.3 is 0 Å². The van der Waals surface area contributed by atoms with Gasteiger partial charge in [0.2, 0.25) is 0 Å². The number of benzene rings is 1. The van der Waals surface area contributed by atoms with E-state index in [1.54, 1.807) is 24.3 Å². The number of halogens is 1. The Morgan fingerprint density at radius 1 is 1.29 bits per heavy atom. The number of aliphatic imine (C=N–C) groups is 1. The van der Waals surface area contributed by atoms with Crippen molar-refractivity contribution < 1.29 is 4.74 Å². The van der Waals surface area contributed by atoms with Crippen molar-refractivity contribution in [2.45, 2.75) is 0 Å². The molecule has 0 atom stereocenters. The maximum Gasteiger partial charge on any atom is 0.186 e. The van der Waals surface area contributed by atoms with Gasteiger partial charge in [-0.25, -0.2) is 0 Å². The summed E-state index contributed by atoms with van der Waals surface area (Å²) < 4.78 is 5.33. The SMILES string of the molecule is NC(N)=NCCOc1ccc(Cl)cc1. The molecular formula is C9H12ClN3O. The van der Waals surface area contributed by atoms with E-state index in [4.69, 9.17) is 27.8 Å². The van der Waals surface area contributed by atoms with Gasteiger partial charge in [-0.1, -0.05) is 11.6 Å². The van der Waals surface area contributed by atoms with Gasteiger partial charge in [0.15, 0.2) is 5.96 Å². The molecule has 0 saturated heterocycles. The molecule has 1 rings (SSSR count). The van der Waals surface area contributed by atoms with Gasteiger partial charge in [0.1, 0.15) is 12.4 Å². The molecule has 0 bridgehead atoms. The first-order valence-corrected chi connectivity index (χ1v) is 4.50. The summed E-state index contributed by atoms with van der Waals surface area (Å²) >= 11 is 5.70. The third-order valence-electron chi connectivity index (χ3n) is 1.47. The lowest BCUT2D eigenvalue weighted by atomic mass is 10.3. The van der Waals surface area contributed by atoms with E-state index in [0.717, 1.165) is 5.75 Å². The molecule has 0 aliphatic rings. The Labute approximate surface area is 87.5 Å². The second-order valence-corrected chi connectivity index (χ2v) is 3.05. The van der Waals surface area contributed by atoms with Crippen LogP contribution in [0.25, 0.3) is 0 Å². The molecule has 0 radical (unpaired) electrons. The minimum Gasteiger partial charge on any atom is -0.492 e. The number of rotatable bonds is 4. The van der Waals surface area contributed by atoms with Crippen molar-refractivity contribution >= 4 is 17.6 Å². The minimum absolute atomic E-state index is 0.0738. The molecule has 0 saturated carbocycles. The summed E-state index contributed by atoms with van der Waals surface area (Å²) in [4.78, 5) is 3.78. The predicted octanol–water partition coefficient (Wildman–Crippen LogP) is 0.992. The molecular weight excluding hydrogens is 202 g/mol. The van der Waals surface area contributed by atoms with Crippen LogP contribution in [-0.4, -0.2) is 19.1 Å². The quantitative estimate of drug-likeness (QED) is 0.445. The summed E-state index contributed by atoms with van der Waals surface area (Å²) in [6.07, 6.45) is 0. The first-order chi connectivity index (χ1) is 6.68. The molecule has 0 aliphatic heterocycles. The Balaban J connectivity index is 2.32. The first kappa shape index (κ1) is 10.7. The van der Waals surface area contributed by atoms with Gasteiger partial charge in [0.25, 0.3) is 0 Å². The highest BCUT2D eigenvalue weighted by atomic mass is 35.5. The van der Waals surface area contributed by atoms with Crippen LogP contribution in [0, 0.1) is 0 Å². The van der Waals surface area contributed by atoms with E-state index in [1.807, 2.05) is 0 Å². The van der Waals surface area contributed by atoms with E-state index < -0.39 is 0 Å². The van der Waals surface area contributed by atoms with Crippen LogP contribution in [-0.2, 0) is 0 Å². The molecule has 0 amide bonds. The van der Waals surface area contributed by atoms with Crippen LogP contribution in [0.15, 0.2) is 29.3 Å². The Kier molecular flexibility index (Phi) is 4.07. The summed E-state index contributed by atoms with van der Waals surface area (Å²) in [7, 11) is 0. The van der Waals surface area contributed by atoms with Crippen molar-refractivity contribution in [2.75, 3.05) is 13.2 Å². The van der Waals surface area contributed by atoms with Crippen LogP contribution in [0.1, 0.15) is 0 Å². The van der Waals surface area contributed by atoms with Gasteiger partial charge < -0.3 is 16.2 Å². The van der Waals surface area contributed by atoms with Crippen LogP contribution in [0.2, 0.25) is 5.02 Å². The van der Waals surface area contributed by atoms with Crippen LogP contribution >= 0.6 is 11.6 Å². The van der Waals surface area contributed by atoms with Crippen LogP contribution in [0.5, 0.6) is 5.75 Å². The van der Waals surface area contributed by atoms with Gasteiger partial charge in [-0.2, -0.15) is 0 Å². The largest absolute Gasteiger partial charge is 0.492 e. The number of nitrogens with two attached hydrogens (primary N) is 2. The maximum absolute atomic E-state index is 5.70. The highest BCUT2D eigenvalue weighted by Gasteiger charge is 1.92. The fraction of sp³-hybridized carbons (Fsp3) is 0.222. The van der Waals surface area contributed by atoms with Crippen molar-refractivity contribution in [3.63, 3.8) is 0 Å². The van der Waals surface area contributed by atoms with Gasteiger partial charge in [-0.05, 0) is 24.3 Å². The number of nitrogens with zero attached hydrogens (tertiary/aromatic N) is 1. The summed E-state index contributed by atoms with van der Waals surface area (Å²) in [5.41, 5.74) is 10.3. The molecule has 0 unspecified atom stereocenters. The number of hydrogen-bond donors (Lipinski definition) is 2. The van der Waals surface area contributed by atoms with Gasteiger partial charge in [0, 0.05) is 5.02 Å². The third-order valence-corrected chi connectivity index (χ3v) is 1.72. The summed E-state index contributed by atoms with van der Waals surface area (Å²) in [5.74, 6) is 0.824. The molecule has 4 N–H and O–H groups in total. The fourth-order valence-corrected chi connectivity index (χ4v) is 0.995. The summed E-state index contributed by atoms with van der Waals surface area (Å²) in [5, 5.41) is 0.682. The lowest BCUT2D eigenvalue weighted by Crippen LogP contribution is -2.23. The molecule has 0 aliphatic carbocycles. The molecule has 1 aromatic carbocycles. The number of guanidine groups is 1. The zero-order chi connectivity index (χ0) is 10.4. The second-order valence-electron chi connectivity index (χ2n) is 2.61. The van der Waals surface area contributed by atoms with E-state index in [2.05, 4.69) is 4.99 Å². The first-order valence-electron chi connectivity index (χ1n) is 4.12. The third kappa shape index (κ3) is 4.00.